The molecule has 0 saturated heterocycles. The second-order valence-corrected chi connectivity index (χ2v) is 6.35. The minimum Gasteiger partial charge on any atom is -0.330 e. The highest BCUT2D eigenvalue weighted by molar-refractivity contribution is 5.58. The molecule has 140 valence electrons. The first-order valence-electron chi connectivity index (χ1n) is 9.36. The Hall–Kier alpha value is -2.24. The summed E-state index contributed by atoms with van der Waals surface area (Å²) in [7, 11) is 1.91. The number of aromatic nitrogens is 3. The van der Waals surface area contributed by atoms with Gasteiger partial charge in [-0.3, -0.25) is 4.98 Å². The van der Waals surface area contributed by atoms with Crippen LogP contribution in [0.15, 0.2) is 31.5 Å². The molecule has 2 heterocycles. The van der Waals surface area contributed by atoms with Gasteiger partial charge in [0.05, 0.1) is 17.9 Å². The van der Waals surface area contributed by atoms with Crippen molar-refractivity contribution >= 4 is 12.2 Å². The Morgan fingerprint density at radius 2 is 2.08 bits per heavy atom. The van der Waals surface area contributed by atoms with Gasteiger partial charge in [-0.1, -0.05) is 19.2 Å². The number of fused-ring (bicyclic) bond motifs is 1. The van der Waals surface area contributed by atoms with Crippen LogP contribution >= 0.6 is 0 Å². The SMILES string of the molecule is C=Cc1nc(CNC)n(CCCN)c1C=C.c1cnc2c(c1)CCCC2. The van der Waals surface area contributed by atoms with Crippen LogP contribution in [0.5, 0.6) is 0 Å². The number of nitrogens with two attached hydrogens (primary N) is 1. The third-order valence-corrected chi connectivity index (χ3v) is 4.52. The molecule has 2 aromatic heterocycles. The van der Waals surface area contributed by atoms with E-state index in [1.165, 1.54) is 36.9 Å². The molecule has 5 nitrogen and oxygen atoms in total. The van der Waals surface area contributed by atoms with Crippen molar-refractivity contribution in [2.24, 2.45) is 5.73 Å². The zero-order valence-electron chi connectivity index (χ0n) is 15.9. The zero-order chi connectivity index (χ0) is 18.8. The molecule has 0 amide bonds. The number of imidazole rings is 1. The lowest BCUT2D eigenvalue weighted by Crippen LogP contribution is -2.15. The zero-order valence-corrected chi connectivity index (χ0v) is 15.9. The van der Waals surface area contributed by atoms with Crippen LogP contribution in [0.4, 0.5) is 0 Å². The third-order valence-electron chi connectivity index (χ3n) is 4.52. The van der Waals surface area contributed by atoms with E-state index in [0.717, 1.165) is 36.7 Å². The fourth-order valence-corrected chi connectivity index (χ4v) is 3.22. The summed E-state index contributed by atoms with van der Waals surface area (Å²) in [5, 5.41) is 3.11. The topological polar surface area (TPSA) is 68.8 Å². The second kappa shape index (κ2) is 10.7. The molecule has 3 rings (SSSR count). The summed E-state index contributed by atoms with van der Waals surface area (Å²) in [5.41, 5.74) is 10.2. The fraction of sp³-hybridized carbons (Fsp3) is 0.429. The molecule has 3 N–H and O–H groups in total. The number of rotatable bonds is 7. The summed E-state index contributed by atoms with van der Waals surface area (Å²) in [6.45, 7) is 9.87. The predicted octanol–water partition coefficient (Wildman–Crippen LogP) is 3.20. The summed E-state index contributed by atoms with van der Waals surface area (Å²) in [5.74, 6) is 1.00. The van der Waals surface area contributed by atoms with E-state index in [4.69, 9.17) is 5.73 Å². The summed E-state index contributed by atoms with van der Waals surface area (Å²) >= 11 is 0. The third kappa shape index (κ3) is 5.13. The van der Waals surface area contributed by atoms with Crippen molar-refractivity contribution in [2.75, 3.05) is 13.6 Å². The van der Waals surface area contributed by atoms with Gasteiger partial charge >= 0.3 is 0 Å². The number of nitrogens with one attached hydrogen (secondary N) is 1. The Balaban J connectivity index is 0.000000206. The molecule has 0 saturated carbocycles. The van der Waals surface area contributed by atoms with Gasteiger partial charge in [0, 0.05) is 18.4 Å². The van der Waals surface area contributed by atoms with Crippen LogP contribution in [0.2, 0.25) is 0 Å². The maximum Gasteiger partial charge on any atom is 0.123 e. The van der Waals surface area contributed by atoms with E-state index in [1.54, 1.807) is 6.08 Å². The van der Waals surface area contributed by atoms with Gasteiger partial charge in [-0.15, -0.1) is 0 Å². The Morgan fingerprint density at radius 1 is 1.27 bits per heavy atom. The summed E-state index contributed by atoms with van der Waals surface area (Å²) in [6, 6.07) is 4.23. The molecule has 1 aliphatic rings. The summed E-state index contributed by atoms with van der Waals surface area (Å²) < 4.78 is 2.15. The Bertz CT molecular complexity index is 692. The highest BCUT2D eigenvalue weighted by Gasteiger charge is 2.11. The molecule has 5 heteroatoms. The molecule has 0 spiro atoms. The van der Waals surface area contributed by atoms with Crippen LogP contribution in [0.3, 0.4) is 0 Å². The van der Waals surface area contributed by atoms with Crippen molar-refractivity contribution in [1.29, 1.82) is 0 Å². The molecule has 0 fully saturated rings. The van der Waals surface area contributed by atoms with Gasteiger partial charge in [-0.2, -0.15) is 0 Å². The molecular weight excluding hydrogens is 322 g/mol. The number of hydrogen-bond donors (Lipinski definition) is 2. The summed E-state index contributed by atoms with van der Waals surface area (Å²) in [6.07, 6.45) is 11.5. The van der Waals surface area contributed by atoms with Gasteiger partial charge < -0.3 is 15.6 Å². The smallest absolute Gasteiger partial charge is 0.123 e. The highest BCUT2D eigenvalue weighted by Crippen LogP contribution is 2.17. The molecule has 0 bridgehead atoms. The van der Waals surface area contributed by atoms with Crippen molar-refractivity contribution in [2.45, 2.75) is 45.2 Å². The second-order valence-electron chi connectivity index (χ2n) is 6.35. The average Bonchev–Trinajstić information content (AvgIpc) is 3.03. The van der Waals surface area contributed by atoms with E-state index < -0.39 is 0 Å². The van der Waals surface area contributed by atoms with E-state index >= 15 is 0 Å². The molecule has 0 unspecified atom stereocenters. The van der Waals surface area contributed by atoms with E-state index in [1.807, 2.05) is 25.4 Å². The Kier molecular flexibility index (Phi) is 8.25. The largest absolute Gasteiger partial charge is 0.330 e. The van der Waals surface area contributed by atoms with E-state index in [0.29, 0.717) is 6.54 Å². The standard InChI is InChI=1S/C12H20N4.C9H11N/c1-4-10-11(5-2)16(8-6-7-13)12(15-10)9-14-3;1-2-6-9-8(4-1)5-3-7-10-9/h4-5,14H,1-2,6-9,13H2,3H3;3,5,7H,1-2,4,6H2. The van der Waals surface area contributed by atoms with Crippen molar-refractivity contribution in [3.63, 3.8) is 0 Å². The lowest BCUT2D eigenvalue weighted by atomic mass is 9.96. The number of hydrogen-bond acceptors (Lipinski definition) is 4. The quantitative estimate of drug-likeness (QED) is 0.802. The molecule has 0 radical (unpaired) electrons. The minimum absolute atomic E-state index is 0.678. The van der Waals surface area contributed by atoms with Crippen molar-refractivity contribution in [1.82, 2.24) is 19.9 Å². The van der Waals surface area contributed by atoms with Crippen LogP contribution in [0.25, 0.3) is 12.2 Å². The first-order chi connectivity index (χ1) is 12.7. The van der Waals surface area contributed by atoms with Crippen LogP contribution in [-0.4, -0.2) is 28.1 Å². The summed E-state index contributed by atoms with van der Waals surface area (Å²) in [4.78, 5) is 8.83. The fourth-order valence-electron chi connectivity index (χ4n) is 3.22. The first-order valence-corrected chi connectivity index (χ1v) is 9.36. The van der Waals surface area contributed by atoms with Crippen LogP contribution in [0.1, 0.15) is 47.7 Å². The monoisotopic (exact) mass is 353 g/mol. The van der Waals surface area contributed by atoms with E-state index in [9.17, 15) is 0 Å². The van der Waals surface area contributed by atoms with Crippen molar-refractivity contribution in [3.8, 4) is 0 Å². The number of pyridine rings is 1. The van der Waals surface area contributed by atoms with Crippen LogP contribution in [-0.2, 0) is 25.9 Å². The average molecular weight is 354 g/mol. The predicted molar refractivity (Wildman–Crippen MR) is 110 cm³/mol. The lowest BCUT2D eigenvalue weighted by Gasteiger charge is -2.12. The van der Waals surface area contributed by atoms with Gasteiger partial charge in [-0.25, -0.2) is 4.98 Å². The maximum absolute atomic E-state index is 5.54. The van der Waals surface area contributed by atoms with Gasteiger partial charge in [0.25, 0.3) is 0 Å². The molecule has 26 heavy (non-hydrogen) atoms. The highest BCUT2D eigenvalue weighted by atomic mass is 15.1. The molecule has 0 atom stereocenters. The normalized spacial score (nSPS) is 12.7. The van der Waals surface area contributed by atoms with Gasteiger partial charge in [0.1, 0.15) is 5.82 Å². The molecule has 0 aliphatic heterocycles. The number of nitrogens with zero attached hydrogens (tertiary/aromatic N) is 3. The molecular formula is C21H31N5. The molecule has 0 aromatic carbocycles. The van der Waals surface area contributed by atoms with Crippen LogP contribution in [0, 0.1) is 0 Å². The van der Waals surface area contributed by atoms with Crippen LogP contribution < -0.4 is 11.1 Å². The van der Waals surface area contributed by atoms with Gasteiger partial charge in [0.15, 0.2) is 0 Å². The Morgan fingerprint density at radius 3 is 2.73 bits per heavy atom. The van der Waals surface area contributed by atoms with Gasteiger partial charge in [-0.05, 0) is 69.5 Å². The molecule has 2 aromatic rings. The van der Waals surface area contributed by atoms with Crippen molar-refractivity contribution in [3.05, 3.63) is 60.0 Å². The van der Waals surface area contributed by atoms with E-state index in [-0.39, 0.29) is 0 Å². The van der Waals surface area contributed by atoms with Gasteiger partial charge in [0.2, 0.25) is 0 Å². The van der Waals surface area contributed by atoms with Crippen molar-refractivity contribution < 1.29 is 0 Å². The lowest BCUT2D eigenvalue weighted by molar-refractivity contribution is 0.596. The van der Waals surface area contributed by atoms with E-state index in [2.05, 4.69) is 39.1 Å². The minimum atomic E-state index is 0.678. The number of aryl methyl sites for hydroxylation is 2. The maximum atomic E-state index is 5.54. The first kappa shape index (κ1) is 20.1. The Labute approximate surface area is 157 Å². The molecule has 1 aliphatic carbocycles.